The van der Waals surface area contributed by atoms with E-state index in [1.54, 1.807) is 0 Å². The highest BCUT2D eigenvalue weighted by Gasteiger charge is 2.39. The largest absolute Gasteiger partial charge is 0.481 e. The Hall–Kier alpha value is -0.570. The van der Waals surface area contributed by atoms with Gasteiger partial charge in [0.2, 0.25) is 0 Å². The summed E-state index contributed by atoms with van der Waals surface area (Å²) in [7, 11) is 0. The third-order valence-corrected chi connectivity index (χ3v) is 4.27. The summed E-state index contributed by atoms with van der Waals surface area (Å²) in [5, 5.41) is 9.44. The molecule has 3 nitrogen and oxygen atoms in total. The van der Waals surface area contributed by atoms with Crippen LogP contribution in [0.15, 0.2) is 0 Å². The Morgan fingerprint density at radius 2 is 2.06 bits per heavy atom. The summed E-state index contributed by atoms with van der Waals surface area (Å²) in [5.74, 6) is -0.645. The highest BCUT2D eigenvalue weighted by atomic mass is 16.4. The average Bonchev–Trinajstić information content (AvgIpc) is 2.60. The molecule has 17 heavy (non-hydrogen) atoms. The van der Waals surface area contributed by atoms with Gasteiger partial charge in [0.15, 0.2) is 0 Å². The van der Waals surface area contributed by atoms with Gasteiger partial charge in [-0.3, -0.25) is 9.69 Å². The molecule has 3 atom stereocenters. The van der Waals surface area contributed by atoms with Crippen LogP contribution in [0.1, 0.15) is 59.8 Å². The van der Waals surface area contributed by atoms with Gasteiger partial charge in [0.05, 0.1) is 5.41 Å². The zero-order valence-corrected chi connectivity index (χ0v) is 11.7. The number of carboxylic acid groups (broad SMARTS) is 1. The lowest BCUT2D eigenvalue weighted by molar-refractivity contribution is -0.150. The summed E-state index contributed by atoms with van der Waals surface area (Å²) in [6.45, 7) is 9.09. The van der Waals surface area contributed by atoms with Crippen molar-refractivity contribution in [3.8, 4) is 0 Å². The predicted octanol–water partition coefficient (Wildman–Crippen LogP) is 3.14. The first-order chi connectivity index (χ1) is 7.94. The van der Waals surface area contributed by atoms with Gasteiger partial charge in [0, 0.05) is 18.6 Å². The number of hydrogen-bond acceptors (Lipinski definition) is 2. The van der Waals surface area contributed by atoms with E-state index < -0.39 is 11.4 Å². The fourth-order valence-corrected chi connectivity index (χ4v) is 3.06. The van der Waals surface area contributed by atoms with Gasteiger partial charge in [0.1, 0.15) is 0 Å². The lowest BCUT2D eigenvalue weighted by Gasteiger charge is -2.35. The number of nitrogens with zero attached hydrogens (tertiary/aromatic N) is 1. The molecule has 1 aliphatic heterocycles. The van der Waals surface area contributed by atoms with Crippen LogP contribution in [-0.2, 0) is 4.79 Å². The number of rotatable bonds is 6. The van der Waals surface area contributed by atoms with Crippen molar-refractivity contribution in [2.75, 3.05) is 6.54 Å². The van der Waals surface area contributed by atoms with E-state index in [1.165, 1.54) is 12.8 Å². The van der Waals surface area contributed by atoms with Crippen molar-refractivity contribution in [2.45, 2.75) is 71.9 Å². The number of likely N-dealkylation sites (tertiary alicyclic amines) is 1. The Balaban J connectivity index is 2.75. The standard InChI is InChI=1S/C14H27NO2/c1-5-9-14(4,13(16)17)10-15-11(3)7-8-12(15)6-2/h11-12H,5-10H2,1-4H3,(H,16,17). The van der Waals surface area contributed by atoms with Gasteiger partial charge < -0.3 is 5.11 Å². The molecular weight excluding hydrogens is 214 g/mol. The second-order valence-corrected chi connectivity index (χ2v) is 5.78. The topological polar surface area (TPSA) is 40.5 Å². The molecule has 0 aromatic carbocycles. The van der Waals surface area contributed by atoms with Crippen molar-refractivity contribution < 1.29 is 9.90 Å². The Morgan fingerprint density at radius 1 is 1.41 bits per heavy atom. The SMILES string of the molecule is CCCC(C)(CN1C(C)CCC1CC)C(=O)O. The zero-order valence-electron chi connectivity index (χ0n) is 11.7. The van der Waals surface area contributed by atoms with Crippen molar-refractivity contribution in [2.24, 2.45) is 5.41 Å². The first-order valence-corrected chi connectivity index (χ1v) is 6.93. The Bertz CT molecular complexity index is 267. The molecule has 1 fully saturated rings. The van der Waals surface area contributed by atoms with E-state index in [0.717, 1.165) is 19.3 Å². The maximum atomic E-state index is 11.5. The molecule has 0 aromatic rings. The van der Waals surface area contributed by atoms with Gasteiger partial charge in [-0.05, 0) is 39.5 Å². The van der Waals surface area contributed by atoms with Crippen molar-refractivity contribution >= 4 is 5.97 Å². The maximum absolute atomic E-state index is 11.5. The quantitative estimate of drug-likeness (QED) is 0.776. The molecule has 1 rings (SSSR count). The molecule has 0 bridgehead atoms. The van der Waals surface area contributed by atoms with E-state index in [1.807, 2.05) is 6.92 Å². The fourth-order valence-electron chi connectivity index (χ4n) is 3.06. The minimum atomic E-state index is -0.645. The van der Waals surface area contributed by atoms with E-state index in [-0.39, 0.29) is 0 Å². The number of carbonyl (C=O) groups is 1. The molecule has 100 valence electrons. The minimum Gasteiger partial charge on any atom is -0.481 e. The summed E-state index contributed by atoms with van der Waals surface area (Å²) in [6.07, 6.45) is 5.26. The summed E-state index contributed by atoms with van der Waals surface area (Å²) in [5.41, 5.74) is -0.583. The predicted molar refractivity (Wildman–Crippen MR) is 70.1 cm³/mol. The zero-order chi connectivity index (χ0) is 13.1. The molecule has 0 radical (unpaired) electrons. The van der Waals surface area contributed by atoms with Crippen LogP contribution >= 0.6 is 0 Å². The van der Waals surface area contributed by atoms with Crippen LogP contribution in [0.3, 0.4) is 0 Å². The van der Waals surface area contributed by atoms with Crippen molar-refractivity contribution in [1.29, 1.82) is 0 Å². The molecule has 0 spiro atoms. The van der Waals surface area contributed by atoms with Gasteiger partial charge in [-0.2, -0.15) is 0 Å². The third kappa shape index (κ3) is 3.21. The van der Waals surface area contributed by atoms with Gasteiger partial charge in [-0.25, -0.2) is 0 Å². The Morgan fingerprint density at radius 3 is 2.53 bits per heavy atom. The van der Waals surface area contributed by atoms with Crippen LogP contribution in [0.5, 0.6) is 0 Å². The number of carboxylic acids is 1. The Labute approximate surface area is 105 Å². The minimum absolute atomic E-state index is 0.537. The van der Waals surface area contributed by atoms with Gasteiger partial charge in [-0.1, -0.05) is 20.3 Å². The summed E-state index contributed by atoms with van der Waals surface area (Å²) in [6, 6.07) is 1.12. The second-order valence-electron chi connectivity index (χ2n) is 5.78. The number of hydrogen-bond donors (Lipinski definition) is 1. The van der Waals surface area contributed by atoms with Crippen molar-refractivity contribution in [3.05, 3.63) is 0 Å². The first kappa shape index (κ1) is 14.5. The van der Waals surface area contributed by atoms with Crippen LogP contribution in [0.2, 0.25) is 0 Å². The van der Waals surface area contributed by atoms with Crippen LogP contribution in [-0.4, -0.2) is 34.6 Å². The second kappa shape index (κ2) is 5.85. The van der Waals surface area contributed by atoms with E-state index >= 15 is 0 Å². The number of aliphatic carboxylic acids is 1. The van der Waals surface area contributed by atoms with E-state index in [9.17, 15) is 9.90 Å². The molecule has 1 N–H and O–H groups in total. The molecule has 1 saturated heterocycles. The smallest absolute Gasteiger partial charge is 0.310 e. The lowest BCUT2D eigenvalue weighted by atomic mass is 9.84. The molecule has 3 heteroatoms. The highest BCUT2D eigenvalue weighted by Crippen LogP contribution is 2.32. The third-order valence-electron chi connectivity index (χ3n) is 4.27. The molecular formula is C14H27NO2. The molecule has 1 heterocycles. The van der Waals surface area contributed by atoms with Crippen LogP contribution in [0, 0.1) is 5.41 Å². The van der Waals surface area contributed by atoms with Crippen LogP contribution in [0.4, 0.5) is 0 Å². The summed E-state index contributed by atoms with van der Waals surface area (Å²) >= 11 is 0. The molecule has 3 unspecified atom stereocenters. The van der Waals surface area contributed by atoms with Crippen LogP contribution < -0.4 is 0 Å². The average molecular weight is 241 g/mol. The summed E-state index contributed by atoms with van der Waals surface area (Å²) in [4.78, 5) is 13.9. The van der Waals surface area contributed by atoms with E-state index in [4.69, 9.17) is 0 Å². The highest BCUT2D eigenvalue weighted by molar-refractivity contribution is 5.74. The van der Waals surface area contributed by atoms with Crippen LogP contribution in [0.25, 0.3) is 0 Å². The van der Waals surface area contributed by atoms with Gasteiger partial charge in [0.25, 0.3) is 0 Å². The first-order valence-electron chi connectivity index (χ1n) is 6.93. The molecule has 1 aliphatic rings. The van der Waals surface area contributed by atoms with Gasteiger partial charge in [-0.15, -0.1) is 0 Å². The van der Waals surface area contributed by atoms with Crippen molar-refractivity contribution in [1.82, 2.24) is 4.90 Å². The lowest BCUT2D eigenvalue weighted by Crippen LogP contribution is -2.45. The maximum Gasteiger partial charge on any atom is 0.310 e. The van der Waals surface area contributed by atoms with E-state index in [0.29, 0.717) is 18.6 Å². The van der Waals surface area contributed by atoms with Gasteiger partial charge >= 0.3 is 5.97 Å². The molecule has 0 aliphatic carbocycles. The monoisotopic (exact) mass is 241 g/mol. The van der Waals surface area contributed by atoms with E-state index in [2.05, 4.69) is 25.7 Å². The summed E-state index contributed by atoms with van der Waals surface area (Å²) < 4.78 is 0. The Kier molecular flexibility index (Phi) is 4.99. The molecule has 0 saturated carbocycles. The normalized spacial score (nSPS) is 29.2. The molecule has 0 aromatic heterocycles. The fraction of sp³-hybridized carbons (Fsp3) is 0.929. The molecule has 0 amide bonds. The van der Waals surface area contributed by atoms with Crippen molar-refractivity contribution in [3.63, 3.8) is 0 Å².